The minimum absolute atomic E-state index is 0. The maximum atomic E-state index is 11.3. The Morgan fingerprint density at radius 2 is 1.28 bits per heavy atom. The molecule has 0 saturated carbocycles. The monoisotopic (exact) mass is 698 g/mol. The number of carbonyl (C=O) groups is 10. The maximum Gasteiger partial charge on any atom is 0.341 e. The highest BCUT2D eigenvalue weighted by atomic mass is 16.6. The van der Waals surface area contributed by atoms with E-state index in [1.54, 1.807) is 34.6 Å². The van der Waals surface area contributed by atoms with Gasteiger partial charge in [0.25, 0.3) is 0 Å². The molecule has 0 aromatic carbocycles. The summed E-state index contributed by atoms with van der Waals surface area (Å²) in [5.74, 6) is -4.14. The van der Waals surface area contributed by atoms with Gasteiger partial charge in [-0.3, -0.25) is 38.4 Å². The van der Waals surface area contributed by atoms with Gasteiger partial charge in [-0.2, -0.15) is 0 Å². The predicted molar refractivity (Wildman–Crippen MR) is 179 cm³/mol. The van der Waals surface area contributed by atoms with Gasteiger partial charge >= 0.3 is 17.9 Å². The Labute approximate surface area is 289 Å². The Bertz CT molecular complexity index is 1710. The first kappa shape index (κ1) is 46.2. The minimum Gasteiger partial charge on any atom is -0.507 e. The quantitative estimate of drug-likeness (QED) is 0.145. The Morgan fingerprint density at radius 3 is 1.46 bits per heavy atom. The lowest BCUT2D eigenvalue weighted by Gasteiger charge is -2.01. The lowest BCUT2D eigenvalue weighted by Crippen LogP contribution is -2.23. The van der Waals surface area contributed by atoms with E-state index >= 15 is 0 Å². The van der Waals surface area contributed by atoms with Crippen molar-refractivity contribution in [3.63, 3.8) is 0 Å². The number of aliphatic hydroxyl groups is 1. The van der Waals surface area contributed by atoms with Gasteiger partial charge in [0, 0.05) is 24.1 Å². The highest BCUT2D eigenvalue weighted by Crippen LogP contribution is 2.22. The molecule has 1 unspecified atom stereocenters. The molecule has 0 amide bonds. The normalized spacial score (nSPS) is 18.1. The van der Waals surface area contributed by atoms with E-state index in [4.69, 9.17) is 9.84 Å². The second-order valence-electron chi connectivity index (χ2n) is 10.6. The molecule has 1 aliphatic heterocycles. The molecule has 270 valence electrons. The van der Waals surface area contributed by atoms with Crippen LogP contribution in [0.5, 0.6) is 0 Å². The zero-order valence-electron chi connectivity index (χ0n) is 28.8. The molecule has 1 heterocycles. The van der Waals surface area contributed by atoms with Gasteiger partial charge in [0.05, 0.1) is 12.9 Å². The average Bonchev–Trinajstić information content (AvgIpc) is 3.59. The van der Waals surface area contributed by atoms with Gasteiger partial charge in [-0.25, -0.2) is 9.59 Å². The summed E-state index contributed by atoms with van der Waals surface area (Å²) in [5, 5.41) is 9.17. The first-order valence-electron chi connectivity index (χ1n) is 14.2. The highest BCUT2D eigenvalue weighted by Gasteiger charge is 2.35. The molecule has 3 aliphatic carbocycles. The molecule has 0 saturated heterocycles. The van der Waals surface area contributed by atoms with Gasteiger partial charge in [0.2, 0.25) is 0 Å². The molecule has 0 spiro atoms. The molecule has 0 aromatic heterocycles. The number of Topliss-reactive ketones (excluding diaryl/α,β-unsaturated/α-hetero) is 4. The van der Waals surface area contributed by atoms with E-state index in [2.05, 4.69) is 16.1 Å². The molecular weight excluding hydrogens is 656 g/mol. The van der Waals surface area contributed by atoms with Gasteiger partial charge in [0.15, 0.2) is 34.7 Å². The van der Waals surface area contributed by atoms with Crippen molar-refractivity contribution in [1.29, 1.82) is 0 Å². The van der Waals surface area contributed by atoms with Crippen molar-refractivity contribution in [2.45, 2.75) is 69.7 Å². The number of allylic oxidation sites excluding steroid dienone is 10. The van der Waals surface area contributed by atoms with Crippen LogP contribution < -0.4 is 0 Å². The van der Waals surface area contributed by atoms with Crippen molar-refractivity contribution in [3.05, 3.63) is 81.6 Å². The largest absolute Gasteiger partial charge is 0.507 e. The second-order valence-corrected chi connectivity index (χ2v) is 10.6. The third kappa shape index (κ3) is 13.7. The van der Waals surface area contributed by atoms with Crippen LogP contribution in [0.15, 0.2) is 81.6 Å². The van der Waals surface area contributed by atoms with Crippen molar-refractivity contribution >= 4 is 58.4 Å². The molecule has 50 heavy (non-hydrogen) atoms. The number of hydrogen-bond acceptors (Lipinski definition) is 14. The summed E-state index contributed by atoms with van der Waals surface area (Å²) in [4.78, 5) is 107. The van der Waals surface area contributed by atoms with E-state index < -0.39 is 23.6 Å². The fraction of sp³-hybridized carbons (Fsp3) is 0.333. The fourth-order valence-corrected chi connectivity index (χ4v) is 3.86. The average molecular weight is 699 g/mol. The SMILES string of the molecule is C.C=C(C)OC(C)=O.CC(=O)C1=C(O)C(C)=CC1=O.CC(=O)C1C(=O)C=C(C)C1=O.CC1=CC(=O)OC1=O.CO/C(C)=C1/C(=O)C=C(C)C1=O. The summed E-state index contributed by atoms with van der Waals surface area (Å²) < 4.78 is 13.3. The lowest BCUT2D eigenvalue weighted by atomic mass is 9.99. The molecule has 14 nitrogen and oxygen atoms in total. The molecular formula is C36H42O14. The topological polar surface area (TPSA) is 219 Å². The summed E-state index contributed by atoms with van der Waals surface area (Å²) in [7, 11) is 1.44. The number of aliphatic hydroxyl groups excluding tert-OH is 1. The predicted octanol–water partition coefficient (Wildman–Crippen LogP) is 3.95. The summed E-state index contributed by atoms with van der Waals surface area (Å²) in [5.41, 5.74) is 1.76. The third-order valence-corrected chi connectivity index (χ3v) is 6.26. The summed E-state index contributed by atoms with van der Waals surface area (Å²) >= 11 is 0. The van der Waals surface area contributed by atoms with Crippen molar-refractivity contribution in [3.8, 4) is 0 Å². The molecule has 0 radical (unpaired) electrons. The highest BCUT2D eigenvalue weighted by molar-refractivity contribution is 6.35. The maximum absolute atomic E-state index is 11.3. The first-order valence-corrected chi connectivity index (χ1v) is 14.2. The molecule has 1 atom stereocenters. The number of rotatable bonds is 4. The van der Waals surface area contributed by atoms with E-state index in [-0.39, 0.29) is 65.0 Å². The smallest absolute Gasteiger partial charge is 0.341 e. The van der Waals surface area contributed by atoms with Gasteiger partial charge in [-0.05, 0) is 84.8 Å². The van der Waals surface area contributed by atoms with Crippen LogP contribution in [0.3, 0.4) is 0 Å². The molecule has 0 aromatic rings. The van der Waals surface area contributed by atoms with Crippen LogP contribution in [0.2, 0.25) is 0 Å². The van der Waals surface area contributed by atoms with E-state index in [1.165, 1.54) is 59.1 Å². The van der Waals surface area contributed by atoms with Crippen LogP contribution >= 0.6 is 0 Å². The van der Waals surface area contributed by atoms with Crippen LogP contribution in [0.1, 0.15) is 69.7 Å². The van der Waals surface area contributed by atoms with Crippen molar-refractivity contribution in [2.24, 2.45) is 5.92 Å². The molecule has 0 bridgehead atoms. The Kier molecular flexibility index (Phi) is 18.9. The Hall–Kier alpha value is -5.92. The fourth-order valence-electron chi connectivity index (χ4n) is 3.86. The van der Waals surface area contributed by atoms with Gasteiger partial charge in [-0.15, -0.1) is 0 Å². The number of esters is 3. The summed E-state index contributed by atoms with van der Waals surface area (Å²) in [6.07, 6.45) is 4.99. The number of cyclic esters (lactones) is 2. The molecule has 0 fully saturated rings. The Balaban J connectivity index is 0. The van der Waals surface area contributed by atoms with Crippen molar-refractivity contribution < 1.29 is 67.3 Å². The zero-order valence-corrected chi connectivity index (χ0v) is 28.8. The number of ether oxygens (including phenoxy) is 3. The van der Waals surface area contributed by atoms with Crippen LogP contribution in [0, 0.1) is 5.92 Å². The molecule has 4 aliphatic rings. The Morgan fingerprint density at radius 1 is 0.760 bits per heavy atom. The standard InChI is InChI=1S/C9H10O3.2C8H8O3.C5H4O3.C5H8O2.CH4/c1-5-4-7(10)8(9(5)11)6(2)12-3;2*1-4-3-6(10)7(5(2)9)8(4)11;1-3-2-4(6)8-5(3)7;1-4(2)7-5(3)6;/h4H,1-3H3;3,11H,1-2H3;3,7H,1-2H3;2H,1H3;1H2,2-3H3;1H4/b8-6-;;;;;. The van der Waals surface area contributed by atoms with Crippen molar-refractivity contribution in [2.75, 3.05) is 7.11 Å². The van der Waals surface area contributed by atoms with Crippen LogP contribution in [-0.4, -0.2) is 70.6 Å². The summed E-state index contributed by atoms with van der Waals surface area (Å²) in [6.45, 7) is 16.7. The van der Waals surface area contributed by atoms with Crippen LogP contribution in [-0.2, 0) is 62.2 Å². The van der Waals surface area contributed by atoms with E-state index in [9.17, 15) is 47.9 Å². The summed E-state index contributed by atoms with van der Waals surface area (Å²) in [6, 6.07) is 0. The number of ketones is 7. The number of methoxy groups -OCH3 is 1. The van der Waals surface area contributed by atoms with Crippen molar-refractivity contribution in [1.82, 2.24) is 0 Å². The molecule has 4 rings (SSSR count). The van der Waals surface area contributed by atoms with Crippen LogP contribution in [0.25, 0.3) is 0 Å². The number of carbonyl (C=O) groups excluding carboxylic acids is 10. The zero-order chi connectivity index (χ0) is 38.5. The number of hydrogen-bond donors (Lipinski definition) is 1. The third-order valence-electron chi connectivity index (χ3n) is 6.26. The van der Waals surface area contributed by atoms with E-state index in [0.29, 0.717) is 33.8 Å². The molecule has 1 N–H and O–H groups in total. The lowest BCUT2D eigenvalue weighted by molar-refractivity contribution is -0.151. The van der Waals surface area contributed by atoms with E-state index in [1.807, 2.05) is 0 Å². The second kappa shape index (κ2) is 20.4. The van der Waals surface area contributed by atoms with Gasteiger partial charge < -0.3 is 19.3 Å². The molecule has 14 heteroatoms. The van der Waals surface area contributed by atoms with Gasteiger partial charge in [0.1, 0.15) is 34.4 Å². The van der Waals surface area contributed by atoms with Gasteiger partial charge in [-0.1, -0.05) is 14.0 Å². The first-order chi connectivity index (χ1) is 22.5. The van der Waals surface area contributed by atoms with E-state index in [0.717, 1.165) is 0 Å². The van der Waals surface area contributed by atoms with Crippen LogP contribution in [0.4, 0.5) is 0 Å². The minimum atomic E-state index is -1.03.